The largest absolute Gasteiger partial charge is 0.315 e. The second kappa shape index (κ2) is 4.24. The topological polar surface area (TPSA) is 49.9 Å². The van der Waals surface area contributed by atoms with E-state index in [9.17, 15) is 9.59 Å². The van der Waals surface area contributed by atoms with Gasteiger partial charge in [0.15, 0.2) is 0 Å². The number of fused-ring (bicyclic) bond motifs is 1. The lowest BCUT2D eigenvalue weighted by Gasteiger charge is -2.30. The fourth-order valence-electron chi connectivity index (χ4n) is 1.98. The fraction of sp³-hybridized carbons (Fsp3) is 0.556. The maximum Gasteiger partial charge on any atom is 0.292 e. The normalized spacial score (nSPS) is 26.3. The Bertz CT molecular complexity index is 379. The first-order valence-corrected chi connectivity index (χ1v) is 5.57. The Kier molecular flexibility index (Phi) is 3.10. The number of rotatable bonds is 1. The molecule has 0 saturated carbocycles. The zero-order valence-electron chi connectivity index (χ0n) is 8.57. The summed E-state index contributed by atoms with van der Waals surface area (Å²) in [6.07, 6.45) is 1.07. The summed E-state index contributed by atoms with van der Waals surface area (Å²) in [6, 6.07) is 0. The minimum Gasteiger partial charge on any atom is -0.315 e. The van der Waals surface area contributed by atoms with Gasteiger partial charge in [-0.15, -0.1) is 0 Å². The van der Waals surface area contributed by atoms with E-state index in [2.05, 4.69) is 0 Å². The number of hydrogen-bond donors (Lipinski definition) is 0. The van der Waals surface area contributed by atoms with Crippen molar-refractivity contribution in [1.29, 1.82) is 0 Å². The van der Waals surface area contributed by atoms with Crippen molar-refractivity contribution in [2.24, 2.45) is 0 Å². The maximum absolute atomic E-state index is 11.9. The fourth-order valence-corrected chi connectivity index (χ4v) is 2.33. The van der Waals surface area contributed by atoms with Gasteiger partial charge in [0, 0.05) is 6.54 Å². The van der Waals surface area contributed by atoms with Gasteiger partial charge in [0.25, 0.3) is 11.8 Å². The van der Waals surface area contributed by atoms with Crippen LogP contribution in [-0.2, 0) is 14.4 Å². The Balaban J connectivity index is 2.46. The molecule has 88 valence electrons. The Morgan fingerprint density at radius 3 is 2.50 bits per heavy atom. The number of hydroxylamine groups is 2. The molecule has 16 heavy (non-hydrogen) atoms. The van der Waals surface area contributed by atoms with Gasteiger partial charge in [-0.1, -0.05) is 23.2 Å². The highest BCUT2D eigenvalue weighted by Crippen LogP contribution is 2.31. The van der Waals surface area contributed by atoms with Gasteiger partial charge >= 0.3 is 0 Å². The third-order valence-corrected chi connectivity index (χ3v) is 3.52. The van der Waals surface area contributed by atoms with Crippen LogP contribution in [0.4, 0.5) is 0 Å². The van der Waals surface area contributed by atoms with E-state index in [0.717, 1.165) is 11.5 Å². The van der Waals surface area contributed by atoms with Gasteiger partial charge in [0.05, 0.1) is 7.11 Å². The first-order valence-electron chi connectivity index (χ1n) is 4.82. The summed E-state index contributed by atoms with van der Waals surface area (Å²) in [5.41, 5.74) is 0. The van der Waals surface area contributed by atoms with Gasteiger partial charge in [0.2, 0.25) is 0 Å². The van der Waals surface area contributed by atoms with Gasteiger partial charge < -0.3 is 4.90 Å². The van der Waals surface area contributed by atoms with E-state index in [0.29, 0.717) is 13.0 Å². The summed E-state index contributed by atoms with van der Waals surface area (Å²) in [7, 11) is 1.36. The second-order valence-corrected chi connectivity index (χ2v) is 4.32. The van der Waals surface area contributed by atoms with Crippen LogP contribution in [0.1, 0.15) is 12.8 Å². The Hall–Kier alpha value is -0.780. The van der Waals surface area contributed by atoms with E-state index in [1.807, 2.05) is 0 Å². The van der Waals surface area contributed by atoms with Crippen molar-refractivity contribution in [3.63, 3.8) is 0 Å². The molecule has 0 spiro atoms. The highest BCUT2D eigenvalue weighted by molar-refractivity contribution is 6.54. The molecule has 2 aliphatic rings. The lowest BCUT2D eigenvalue weighted by molar-refractivity contribution is -0.197. The smallest absolute Gasteiger partial charge is 0.292 e. The summed E-state index contributed by atoms with van der Waals surface area (Å²) in [5, 5.41) is 0.573. The van der Waals surface area contributed by atoms with Crippen LogP contribution in [0.5, 0.6) is 0 Å². The number of halogens is 2. The summed E-state index contributed by atoms with van der Waals surface area (Å²) >= 11 is 11.5. The highest BCUT2D eigenvalue weighted by Gasteiger charge is 2.42. The molecule has 2 heterocycles. The molecule has 0 aliphatic carbocycles. The minimum atomic E-state index is -0.572. The summed E-state index contributed by atoms with van der Waals surface area (Å²) in [5.74, 6) is -0.987. The van der Waals surface area contributed by atoms with Crippen molar-refractivity contribution in [3.05, 3.63) is 10.1 Å². The molecule has 0 aromatic rings. The third kappa shape index (κ3) is 1.59. The average Bonchev–Trinajstić information content (AvgIpc) is 2.73. The van der Waals surface area contributed by atoms with Gasteiger partial charge in [0.1, 0.15) is 16.2 Å². The van der Waals surface area contributed by atoms with Crippen LogP contribution in [0.15, 0.2) is 10.1 Å². The maximum atomic E-state index is 11.9. The lowest BCUT2D eigenvalue weighted by atomic mass is 10.3. The van der Waals surface area contributed by atoms with Crippen molar-refractivity contribution in [3.8, 4) is 0 Å². The average molecular weight is 265 g/mol. The van der Waals surface area contributed by atoms with Gasteiger partial charge in [-0.05, 0) is 12.8 Å². The van der Waals surface area contributed by atoms with Crippen molar-refractivity contribution in [2.45, 2.75) is 19.0 Å². The molecule has 2 aliphatic heterocycles. The molecule has 2 amide bonds. The molecule has 1 atom stereocenters. The molecule has 5 nitrogen and oxygen atoms in total. The lowest BCUT2D eigenvalue weighted by Crippen LogP contribution is -2.47. The molecule has 1 unspecified atom stereocenters. The van der Waals surface area contributed by atoms with Crippen LogP contribution in [0.3, 0.4) is 0 Å². The molecule has 0 aromatic carbocycles. The zero-order valence-corrected chi connectivity index (χ0v) is 10.1. The van der Waals surface area contributed by atoms with Crippen LogP contribution in [0.25, 0.3) is 0 Å². The van der Waals surface area contributed by atoms with E-state index in [1.165, 1.54) is 12.0 Å². The number of carbonyl (C=O) groups excluding carboxylic acids is 2. The van der Waals surface area contributed by atoms with E-state index >= 15 is 0 Å². The Morgan fingerprint density at radius 1 is 1.25 bits per heavy atom. The van der Waals surface area contributed by atoms with E-state index in [1.54, 1.807) is 0 Å². The first-order chi connectivity index (χ1) is 7.57. The second-order valence-electron chi connectivity index (χ2n) is 3.56. The number of nitrogens with zero attached hydrogens (tertiary/aromatic N) is 2. The minimum absolute atomic E-state index is 0.238. The number of hydrogen-bond acceptors (Lipinski definition) is 3. The molecule has 0 N–H and O–H groups in total. The number of carbonyl (C=O) groups is 2. The molecule has 0 bridgehead atoms. The SMILES string of the molecule is CON1C(=O)C(Cl)=C(Cl)C(=O)N2CCCC21. The van der Waals surface area contributed by atoms with Crippen LogP contribution in [0.2, 0.25) is 0 Å². The summed E-state index contributed by atoms with van der Waals surface area (Å²) in [6.45, 7) is 0.553. The summed E-state index contributed by atoms with van der Waals surface area (Å²) < 4.78 is 0. The standard InChI is InChI=1S/C9H10Cl2N2O3/c1-16-13-5-3-2-4-12(5)8(14)6(10)7(11)9(13)15/h5H,2-4H2,1H3. The van der Waals surface area contributed by atoms with Gasteiger partial charge in [-0.3, -0.25) is 14.4 Å². The molecule has 7 heteroatoms. The van der Waals surface area contributed by atoms with E-state index < -0.39 is 18.0 Å². The quantitative estimate of drug-likeness (QED) is 0.711. The predicted molar refractivity (Wildman–Crippen MR) is 57.3 cm³/mol. The van der Waals surface area contributed by atoms with Crippen molar-refractivity contribution >= 4 is 35.0 Å². The highest BCUT2D eigenvalue weighted by atomic mass is 35.5. The monoisotopic (exact) mass is 264 g/mol. The molecule has 1 saturated heterocycles. The van der Waals surface area contributed by atoms with Crippen molar-refractivity contribution in [1.82, 2.24) is 9.96 Å². The molecular weight excluding hydrogens is 255 g/mol. The predicted octanol–water partition coefficient (Wildman–Crippen LogP) is 1.03. The zero-order chi connectivity index (χ0) is 11.9. The number of amides is 2. The Morgan fingerprint density at radius 2 is 1.88 bits per heavy atom. The van der Waals surface area contributed by atoms with Crippen LogP contribution in [0, 0.1) is 0 Å². The Labute approximate surface area is 102 Å². The molecule has 0 radical (unpaired) electrons. The van der Waals surface area contributed by atoms with Crippen LogP contribution in [-0.4, -0.2) is 41.6 Å². The van der Waals surface area contributed by atoms with E-state index in [4.69, 9.17) is 28.0 Å². The third-order valence-electron chi connectivity index (χ3n) is 2.72. The van der Waals surface area contributed by atoms with Gasteiger partial charge in [-0.25, -0.2) is 0 Å². The molecular formula is C9H10Cl2N2O3. The van der Waals surface area contributed by atoms with Crippen molar-refractivity contribution < 1.29 is 14.4 Å². The van der Waals surface area contributed by atoms with Crippen molar-refractivity contribution in [2.75, 3.05) is 13.7 Å². The van der Waals surface area contributed by atoms with Gasteiger partial charge in [-0.2, -0.15) is 5.06 Å². The molecule has 0 aromatic heterocycles. The molecule has 2 rings (SSSR count). The first kappa shape index (κ1) is 11.7. The van der Waals surface area contributed by atoms with Crippen LogP contribution < -0.4 is 0 Å². The molecule has 1 fully saturated rings. The van der Waals surface area contributed by atoms with E-state index in [-0.39, 0.29) is 10.1 Å². The summed E-state index contributed by atoms with van der Waals surface area (Å²) in [4.78, 5) is 30.2. The van der Waals surface area contributed by atoms with Crippen LogP contribution >= 0.6 is 23.2 Å².